The van der Waals surface area contributed by atoms with Gasteiger partial charge in [0, 0.05) is 22.9 Å². The van der Waals surface area contributed by atoms with E-state index in [9.17, 15) is 9.18 Å². The third kappa shape index (κ3) is 4.61. The van der Waals surface area contributed by atoms with Gasteiger partial charge in [-0.15, -0.1) is 0 Å². The molecule has 0 atom stereocenters. The molecule has 1 amide bonds. The van der Waals surface area contributed by atoms with E-state index in [2.05, 4.69) is 15.3 Å². The van der Waals surface area contributed by atoms with E-state index in [1.807, 2.05) is 30.3 Å². The number of rotatable bonds is 5. The second-order valence-corrected chi connectivity index (χ2v) is 6.73. The van der Waals surface area contributed by atoms with E-state index in [0.717, 1.165) is 11.3 Å². The predicted molar refractivity (Wildman–Crippen MR) is 113 cm³/mol. The number of carbonyl (C=O) groups excluding carboxylic acids is 1. The maximum absolute atomic E-state index is 13.3. The lowest BCUT2D eigenvalue weighted by Gasteiger charge is -2.09. The molecule has 1 aromatic heterocycles. The van der Waals surface area contributed by atoms with Gasteiger partial charge in [-0.05, 0) is 36.4 Å². The Morgan fingerprint density at radius 2 is 1.77 bits per heavy atom. The van der Waals surface area contributed by atoms with Crippen LogP contribution in [0.4, 0.5) is 10.1 Å². The van der Waals surface area contributed by atoms with Crippen LogP contribution in [-0.4, -0.2) is 15.9 Å². The van der Waals surface area contributed by atoms with Gasteiger partial charge in [-0.2, -0.15) is 0 Å². The monoisotopic (exact) mass is 419 g/mol. The summed E-state index contributed by atoms with van der Waals surface area (Å²) in [6, 6.07) is 22.0. The number of ether oxygens (including phenoxy) is 1. The number of nitrogens with zero attached hydrogens (tertiary/aromatic N) is 2. The largest absolute Gasteiger partial charge is 0.439 e. The molecule has 0 aliphatic rings. The smallest absolute Gasteiger partial charge is 0.255 e. The quantitative estimate of drug-likeness (QED) is 0.432. The second-order valence-electron chi connectivity index (χ2n) is 6.32. The lowest BCUT2D eigenvalue weighted by Crippen LogP contribution is -2.11. The van der Waals surface area contributed by atoms with Crippen molar-refractivity contribution in [2.75, 3.05) is 5.32 Å². The molecule has 30 heavy (non-hydrogen) atoms. The van der Waals surface area contributed by atoms with Gasteiger partial charge in [0.15, 0.2) is 0 Å². The van der Waals surface area contributed by atoms with Crippen molar-refractivity contribution in [3.05, 3.63) is 102 Å². The maximum atomic E-state index is 13.3. The van der Waals surface area contributed by atoms with Crippen molar-refractivity contribution in [1.29, 1.82) is 0 Å². The zero-order chi connectivity index (χ0) is 20.9. The van der Waals surface area contributed by atoms with E-state index < -0.39 is 5.82 Å². The Balaban J connectivity index is 1.51. The number of carbonyl (C=O) groups is 1. The summed E-state index contributed by atoms with van der Waals surface area (Å²) < 4.78 is 19.1. The summed E-state index contributed by atoms with van der Waals surface area (Å²) in [5.74, 6) is -0.134. The minimum Gasteiger partial charge on any atom is -0.439 e. The number of nitrogens with one attached hydrogen (secondary N) is 1. The molecule has 0 spiro atoms. The van der Waals surface area contributed by atoms with Gasteiger partial charge >= 0.3 is 0 Å². The highest BCUT2D eigenvalue weighted by atomic mass is 35.5. The number of aromatic nitrogens is 2. The van der Waals surface area contributed by atoms with Gasteiger partial charge < -0.3 is 10.1 Å². The Morgan fingerprint density at radius 3 is 2.57 bits per heavy atom. The first-order valence-corrected chi connectivity index (χ1v) is 9.38. The highest BCUT2D eigenvalue weighted by Gasteiger charge is 2.10. The van der Waals surface area contributed by atoms with Crippen LogP contribution < -0.4 is 10.1 Å². The highest BCUT2D eigenvalue weighted by molar-refractivity contribution is 6.31. The fourth-order valence-corrected chi connectivity index (χ4v) is 2.94. The third-order valence-electron chi connectivity index (χ3n) is 4.21. The summed E-state index contributed by atoms with van der Waals surface area (Å²) >= 11 is 5.76. The predicted octanol–water partition coefficient (Wildman–Crippen LogP) is 5.98. The molecular formula is C23H15ClFN3O2. The Morgan fingerprint density at radius 1 is 0.933 bits per heavy atom. The molecular weight excluding hydrogens is 405 g/mol. The normalized spacial score (nSPS) is 10.5. The Kier molecular flexibility index (Phi) is 5.68. The fourth-order valence-electron chi connectivity index (χ4n) is 2.76. The lowest BCUT2D eigenvalue weighted by molar-refractivity contribution is 0.102. The minimum atomic E-state index is -0.551. The van der Waals surface area contributed by atoms with Crippen molar-refractivity contribution in [1.82, 2.24) is 9.97 Å². The standard InChI is InChI=1S/C23H15ClFN3O2/c24-19-12-17(9-10-20(19)25)28-23(29)16-7-4-8-18(11-16)30-22-13-21(26-14-27-22)15-5-2-1-3-6-15/h1-14H,(H,28,29). The molecule has 0 aliphatic heterocycles. The average Bonchev–Trinajstić information content (AvgIpc) is 2.77. The molecule has 0 saturated carbocycles. The fraction of sp³-hybridized carbons (Fsp3) is 0. The summed E-state index contributed by atoms with van der Waals surface area (Å²) in [6.45, 7) is 0. The summed E-state index contributed by atoms with van der Waals surface area (Å²) in [7, 11) is 0. The van der Waals surface area contributed by atoms with Crippen LogP contribution in [0.25, 0.3) is 11.3 Å². The summed E-state index contributed by atoms with van der Waals surface area (Å²) in [5, 5.41) is 2.61. The van der Waals surface area contributed by atoms with Crippen LogP contribution in [0, 0.1) is 5.82 Å². The van der Waals surface area contributed by atoms with Crippen molar-refractivity contribution < 1.29 is 13.9 Å². The van der Waals surface area contributed by atoms with Gasteiger partial charge in [-0.25, -0.2) is 14.4 Å². The first-order valence-electron chi connectivity index (χ1n) is 9.00. The number of halogens is 2. The van der Waals surface area contributed by atoms with Crippen LogP contribution in [0.1, 0.15) is 10.4 Å². The molecule has 0 fully saturated rings. The van der Waals surface area contributed by atoms with E-state index in [1.165, 1.54) is 24.5 Å². The zero-order valence-electron chi connectivity index (χ0n) is 15.5. The van der Waals surface area contributed by atoms with E-state index in [-0.39, 0.29) is 10.9 Å². The van der Waals surface area contributed by atoms with E-state index in [0.29, 0.717) is 22.9 Å². The average molecular weight is 420 g/mol. The number of hydrogen-bond donors (Lipinski definition) is 1. The van der Waals surface area contributed by atoms with Gasteiger partial charge in [0.25, 0.3) is 5.91 Å². The van der Waals surface area contributed by atoms with Crippen molar-refractivity contribution in [3.8, 4) is 22.9 Å². The van der Waals surface area contributed by atoms with E-state index >= 15 is 0 Å². The van der Waals surface area contributed by atoms with E-state index in [1.54, 1.807) is 30.3 Å². The molecule has 0 aliphatic carbocycles. The summed E-state index contributed by atoms with van der Waals surface area (Å²) in [5.41, 5.74) is 2.42. The Bertz CT molecular complexity index is 1200. The van der Waals surface area contributed by atoms with Crippen LogP contribution in [-0.2, 0) is 0 Å². The van der Waals surface area contributed by atoms with Gasteiger partial charge in [-0.1, -0.05) is 48.0 Å². The molecule has 0 bridgehead atoms. The third-order valence-corrected chi connectivity index (χ3v) is 4.50. The molecule has 0 radical (unpaired) electrons. The van der Waals surface area contributed by atoms with Crippen molar-refractivity contribution in [2.24, 2.45) is 0 Å². The van der Waals surface area contributed by atoms with Gasteiger partial charge in [0.1, 0.15) is 17.9 Å². The van der Waals surface area contributed by atoms with Gasteiger partial charge in [-0.3, -0.25) is 4.79 Å². The Labute approximate surface area is 177 Å². The van der Waals surface area contributed by atoms with Gasteiger partial charge in [0.05, 0.1) is 10.7 Å². The first kappa shape index (κ1) is 19.5. The van der Waals surface area contributed by atoms with Crippen molar-refractivity contribution in [2.45, 2.75) is 0 Å². The molecule has 1 N–H and O–H groups in total. The number of anilines is 1. The van der Waals surface area contributed by atoms with Crippen LogP contribution in [0.2, 0.25) is 5.02 Å². The molecule has 1 heterocycles. The topological polar surface area (TPSA) is 64.1 Å². The summed E-state index contributed by atoms with van der Waals surface area (Å²) in [4.78, 5) is 20.9. The van der Waals surface area contributed by atoms with Crippen molar-refractivity contribution >= 4 is 23.2 Å². The van der Waals surface area contributed by atoms with Crippen LogP contribution in [0.3, 0.4) is 0 Å². The maximum Gasteiger partial charge on any atom is 0.255 e. The van der Waals surface area contributed by atoms with Gasteiger partial charge in [0.2, 0.25) is 5.88 Å². The molecule has 4 aromatic rings. The lowest BCUT2D eigenvalue weighted by atomic mass is 10.1. The SMILES string of the molecule is O=C(Nc1ccc(F)c(Cl)c1)c1cccc(Oc2cc(-c3ccccc3)ncn2)c1. The molecule has 0 unspecified atom stereocenters. The van der Waals surface area contributed by atoms with Crippen LogP contribution >= 0.6 is 11.6 Å². The van der Waals surface area contributed by atoms with Crippen molar-refractivity contribution in [3.63, 3.8) is 0 Å². The molecule has 3 aromatic carbocycles. The first-order chi connectivity index (χ1) is 14.6. The minimum absolute atomic E-state index is 0.0668. The number of benzene rings is 3. The van der Waals surface area contributed by atoms with E-state index in [4.69, 9.17) is 16.3 Å². The highest BCUT2D eigenvalue weighted by Crippen LogP contribution is 2.25. The number of hydrogen-bond acceptors (Lipinski definition) is 4. The molecule has 5 nitrogen and oxygen atoms in total. The summed E-state index contributed by atoms with van der Waals surface area (Å²) in [6.07, 6.45) is 1.42. The second kappa shape index (κ2) is 8.71. The molecule has 0 saturated heterocycles. The Hall–Kier alpha value is -3.77. The molecule has 7 heteroatoms. The zero-order valence-corrected chi connectivity index (χ0v) is 16.3. The molecule has 148 valence electrons. The number of amides is 1. The molecule has 4 rings (SSSR count). The van der Waals surface area contributed by atoms with Crippen LogP contribution in [0.5, 0.6) is 11.6 Å². The van der Waals surface area contributed by atoms with Crippen LogP contribution in [0.15, 0.2) is 85.2 Å².